The Morgan fingerprint density at radius 2 is 1.70 bits per heavy atom. The summed E-state index contributed by atoms with van der Waals surface area (Å²) in [5.74, 6) is 0.0825. The van der Waals surface area contributed by atoms with Crippen molar-refractivity contribution < 1.29 is 9.90 Å². The van der Waals surface area contributed by atoms with Crippen LogP contribution in [0.4, 0.5) is 5.69 Å². The van der Waals surface area contributed by atoms with Crippen molar-refractivity contribution in [3.05, 3.63) is 132 Å². The third-order valence-corrected chi connectivity index (χ3v) is 7.41. The van der Waals surface area contributed by atoms with Gasteiger partial charge in [-0.25, -0.2) is 0 Å². The number of carbonyl (C=O) groups excluding carboxylic acids is 1. The minimum Gasteiger partial charge on any atom is -0.505 e. The van der Waals surface area contributed by atoms with Gasteiger partial charge in [0.25, 0.3) is 0 Å². The number of amides is 1. The number of aryl methyl sites for hydroxylation is 1. The van der Waals surface area contributed by atoms with Gasteiger partial charge < -0.3 is 16.2 Å². The van der Waals surface area contributed by atoms with E-state index in [1.54, 1.807) is 30.4 Å². The number of carbonyl (C=O) groups is 1. The Balaban J connectivity index is 0.000000546. The number of nitrogen functional groups attached to an aromatic ring is 1. The largest absolute Gasteiger partial charge is 0.505 e. The number of phenolic OH excluding ortho intramolecular Hbond substituents is 1. The third-order valence-electron chi connectivity index (χ3n) is 7.41. The van der Waals surface area contributed by atoms with E-state index >= 15 is 0 Å². The van der Waals surface area contributed by atoms with E-state index in [1.165, 1.54) is 0 Å². The number of nitrogens with one attached hydrogen (secondary N) is 3. The van der Waals surface area contributed by atoms with Gasteiger partial charge in [-0.2, -0.15) is 0 Å². The number of benzene rings is 3. The summed E-state index contributed by atoms with van der Waals surface area (Å²) >= 11 is 0. The second-order valence-electron chi connectivity index (χ2n) is 10.9. The molecule has 3 aromatic rings. The fraction of sp³-hybridized carbons (Fsp3) is 0.216. The molecule has 0 saturated carbocycles. The number of rotatable bonds is 10. The number of aromatic hydroxyl groups is 1. The van der Waals surface area contributed by atoms with E-state index in [0.29, 0.717) is 24.9 Å². The summed E-state index contributed by atoms with van der Waals surface area (Å²) in [6, 6.07) is 21.9. The lowest BCUT2D eigenvalue weighted by Crippen LogP contribution is -2.43. The lowest BCUT2D eigenvalue weighted by atomic mass is 9.87. The van der Waals surface area contributed by atoms with Crippen LogP contribution in [0.5, 0.6) is 5.75 Å². The van der Waals surface area contributed by atoms with E-state index < -0.39 is 5.54 Å². The molecular formula is C37H42N4O2. The number of phenols is 1. The highest BCUT2D eigenvalue weighted by atomic mass is 16.3. The highest BCUT2D eigenvalue weighted by Crippen LogP contribution is 2.29. The van der Waals surface area contributed by atoms with Gasteiger partial charge in [0, 0.05) is 12.0 Å². The summed E-state index contributed by atoms with van der Waals surface area (Å²) in [6.45, 7) is 10.1. The van der Waals surface area contributed by atoms with Gasteiger partial charge in [-0.05, 0) is 79.6 Å². The van der Waals surface area contributed by atoms with E-state index in [2.05, 4.69) is 31.8 Å². The molecule has 0 saturated heterocycles. The third kappa shape index (κ3) is 9.54. The maximum atomic E-state index is 12.9. The van der Waals surface area contributed by atoms with Crippen LogP contribution in [0.25, 0.3) is 11.6 Å². The molecule has 1 amide bonds. The SMILES string of the molecule is C=C(C)c1cccc(C(C)(CC)NC(=O)CCc2cc(N)c(O)c(C/C=C/c3ccccc3)c2)c1.N=C1C=CC=CC1=N. The normalized spacial score (nSPS) is 13.7. The van der Waals surface area contributed by atoms with E-state index in [-0.39, 0.29) is 23.1 Å². The van der Waals surface area contributed by atoms with Crippen LogP contribution in [0.15, 0.2) is 104 Å². The van der Waals surface area contributed by atoms with Crippen molar-refractivity contribution in [1.29, 1.82) is 10.8 Å². The van der Waals surface area contributed by atoms with Crippen molar-refractivity contribution in [2.24, 2.45) is 0 Å². The Bertz CT molecular complexity index is 1540. The second kappa shape index (κ2) is 15.3. The molecule has 1 unspecified atom stereocenters. The van der Waals surface area contributed by atoms with Gasteiger partial charge in [-0.15, -0.1) is 0 Å². The van der Waals surface area contributed by atoms with E-state index in [9.17, 15) is 9.90 Å². The predicted octanol–water partition coefficient (Wildman–Crippen LogP) is 7.79. The van der Waals surface area contributed by atoms with E-state index in [1.807, 2.05) is 73.7 Å². The van der Waals surface area contributed by atoms with Crippen molar-refractivity contribution in [1.82, 2.24) is 5.32 Å². The molecular weight excluding hydrogens is 532 g/mol. The molecule has 0 aromatic heterocycles. The first kappa shape index (κ1) is 32.5. The predicted molar refractivity (Wildman–Crippen MR) is 181 cm³/mol. The molecule has 6 nitrogen and oxygen atoms in total. The van der Waals surface area contributed by atoms with E-state index in [4.69, 9.17) is 16.6 Å². The van der Waals surface area contributed by atoms with Gasteiger partial charge in [-0.1, -0.05) is 98.0 Å². The van der Waals surface area contributed by atoms with Crippen LogP contribution in [0.2, 0.25) is 0 Å². The minimum absolute atomic E-state index is 0.0211. The molecule has 0 fully saturated rings. The summed E-state index contributed by atoms with van der Waals surface area (Å²) in [4.78, 5) is 12.9. The average molecular weight is 575 g/mol. The Morgan fingerprint density at radius 3 is 2.30 bits per heavy atom. The van der Waals surface area contributed by atoms with Crippen LogP contribution in [-0.4, -0.2) is 22.4 Å². The molecule has 1 atom stereocenters. The van der Waals surface area contributed by atoms with Gasteiger partial charge in [-0.3, -0.25) is 15.6 Å². The van der Waals surface area contributed by atoms with Crippen LogP contribution < -0.4 is 11.1 Å². The molecule has 0 radical (unpaired) electrons. The zero-order valence-electron chi connectivity index (χ0n) is 25.3. The van der Waals surface area contributed by atoms with Crippen LogP contribution in [-0.2, 0) is 23.2 Å². The molecule has 0 bridgehead atoms. The average Bonchev–Trinajstić information content (AvgIpc) is 3.00. The summed E-state index contributed by atoms with van der Waals surface area (Å²) in [5.41, 5.74) is 12.4. The Hall–Kier alpha value is -4.97. The van der Waals surface area contributed by atoms with Gasteiger partial charge >= 0.3 is 0 Å². The maximum absolute atomic E-state index is 12.9. The maximum Gasteiger partial charge on any atom is 0.221 e. The van der Waals surface area contributed by atoms with Crippen LogP contribution in [0.3, 0.4) is 0 Å². The molecule has 6 N–H and O–H groups in total. The lowest BCUT2D eigenvalue weighted by molar-refractivity contribution is -0.123. The van der Waals surface area contributed by atoms with Crippen molar-refractivity contribution in [2.45, 2.75) is 52.0 Å². The summed E-state index contributed by atoms with van der Waals surface area (Å²) < 4.78 is 0. The smallest absolute Gasteiger partial charge is 0.221 e. The van der Waals surface area contributed by atoms with Crippen molar-refractivity contribution in [2.75, 3.05) is 5.73 Å². The molecule has 1 aliphatic carbocycles. The molecule has 6 heteroatoms. The summed E-state index contributed by atoms with van der Waals surface area (Å²) in [7, 11) is 0. The lowest BCUT2D eigenvalue weighted by Gasteiger charge is -2.31. The molecule has 43 heavy (non-hydrogen) atoms. The Kier molecular flexibility index (Phi) is 11.6. The highest BCUT2D eigenvalue weighted by Gasteiger charge is 2.26. The number of hydrogen-bond acceptors (Lipinski definition) is 5. The zero-order chi connectivity index (χ0) is 31.4. The zero-order valence-corrected chi connectivity index (χ0v) is 25.3. The van der Waals surface area contributed by atoms with Crippen LogP contribution in [0, 0.1) is 10.8 Å². The van der Waals surface area contributed by atoms with Gasteiger partial charge in [0.1, 0.15) is 5.75 Å². The van der Waals surface area contributed by atoms with Crippen molar-refractivity contribution >= 4 is 34.7 Å². The Labute approximate surface area is 255 Å². The first-order chi connectivity index (χ1) is 20.5. The van der Waals surface area contributed by atoms with Crippen molar-refractivity contribution in [3.63, 3.8) is 0 Å². The highest BCUT2D eigenvalue weighted by molar-refractivity contribution is 6.48. The number of hydrogen-bond donors (Lipinski definition) is 5. The van der Waals surface area contributed by atoms with Gasteiger partial charge in [0.2, 0.25) is 5.91 Å². The molecule has 3 aromatic carbocycles. The number of nitrogens with two attached hydrogens (primary N) is 1. The molecule has 1 aliphatic rings. The molecule has 4 rings (SSSR count). The van der Waals surface area contributed by atoms with Gasteiger partial charge in [0.05, 0.1) is 22.6 Å². The van der Waals surface area contributed by atoms with Crippen LogP contribution >= 0.6 is 0 Å². The second-order valence-corrected chi connectivity index (χ2v) is 10.9. The standard InChI is InChI=1S/C31H36N2O2.C6H6N2/c1-5-31(4,27-16-10-14-25(21-27)22(2)3)33-29(34)18-17-24-19-26(30(35)28(32)20-24)15-9-13-23-11-7-6-8-12-23;7-5-3-1-2-4-6(5)8/h6-14,16,19-21,35H,2,5,15,17-18,32H2,1,3-4H3,(H,33,34);1-4,7-8H/b13-9+;. The molecule has 0 aliphatic heterocycles. The topological polar surface area (TPSA) is 123 Å². The molecule has 0 spiro atoms. The van der Waals surface area contributed by atoms with Crippen molar-refractivity contribution in [3.8, 4) is 5.75 Å². The fourth-order valence-electron chi connectivity index (χ4n) is 4.58. The van der Waals surface area contributed by atoms with Crippen LogP contribution in [0.1, 0.15) is 61.4 Å². The number of anilines is 1. The summed E-state index contributed by atoms with van der Waals surface area (Å²) in [5, 5.41) is 27.7. The number of allylic oxidation sites excluding steroid dienone is 6. The molecule has 0 heterocycles. The monoisotopic (exact) mass is 574 g/mol. The summed E-state index contributed by atoms with van der Waals surface area (Å²) in [6.07, 6.45) is 12.9. The van der Waals surface area contributed by atoms with Gasteiger partial charge in [0.15, 0.2) is 0 Å². The quantitative estimate of drug-likeness (QED) is 0.0964. The first-order valence-electron chi connectivity index (χ1n) is 14.4. The molecule has 222 valence electrons. The van der Waals surface area contributed by atoms with E-state index in [0.717, 1.165) is 39.8 Å². The Morgan fingerprint density at radius 1 is 1.02 bits per heavy atom. The minimum atomic E-state index is -0.468. The fourth-order valence-corrected chi connectivity index (χ4v) is 4.58. The first-order valence-corrected chi connectivity index (χ1v) is 14.4.